The molecule has 5 heteroatoms. The van der Waals surface area contributed by atoms with Crippen LogP contribution in [-0.2, 0) is 4.79 Å². The molecular formula is C17H22N4O. The first-order chi connectivity index (χ1) is 10.7. The SMILES string of the molecule is C[C@H](NC(=O)C[C@@H]1C[C@H]2CC[C@H]1C2)c1nnc2ccccn12. The summed E-state index contributed by atoms with van der Waals surface area (Å²) >= 11 is 0. The van der Waals surface area contributed by atoms with Gasteiger partial charge in [-0.05, 0) is 56.1 Å². The molecule has 2 aromatic rings. The summed E-state index contributed by atoms with van der Waals surface area (Å²) in [5.41, 5.74) is 0.812. The lowest BCUT2D eigenvalue weighted by Crippen LogP contribution is -2.30. The van der Waals surface area contributed by atoms with Crippen molar-refractivity contribution in [3.63, 3.8) is 0 Å². The Morgan fingerprint density at radius 3 is 3.05 bits per heavy atom. The Kier molecular flexibility index (Phi) is 3.36. The van der Waals surface area contributed by atoms with Gasteiger partial charge in [-0.15, -0.1) is 10.2 Å². The summed E-state index contributed by atoms with van der Waals surface area (Å²) in [5.74, 6) is 3.22. The van der Waals surface area contributed by atoms with Crippen LogP contribution in [0.4, 0.5) is 0 Å². The van der Waals surface area contributed by atoms with Gasteiger partial charge in [-0.3, -0.25) is 9.20 Å². The number of nitrogens with zero attached hydrogens (tertiary/aromatic N) is 3. The smallest absolute Gasteiger partial charge is 0.220 e. The van der Waals surface area contributed by atoms with Gasteiger partial charge in [-0.2, -0.15) is 0 Å². The van der Waals surface area contributed by atoms with E-state index < -0.39 is 0 Å². The van der Waals surface area contributed by atoms with Crippen molar-refractivity contribution in [3.8, 4) is 0 Å². The fraction of sp³-hybridized carbons (Fsp3) is 0.588. The zero-order valence-corrected chi connectivity index (χ0v) is 12.9. The minimum absolute atomic E-state index is 0.122. The zero-order valence-electron chi connectivity index (χ0n) is 12.9. The lowest BCUT2D eigenvalue weighted by atomic mass is 9.86. The monoisotopic (exact) mass is 298 g/mol. The van der Waals surface area contributed by atoms with Crippen molar-refractivity contribution in [2.45, 2.75) is 45.1 Å². The molecule has 4 rings (SSSR count). The maximum Gasteiger partial charge on any atom is 0.220 e. The highest BCUT2D eigenvalue weighted by atomic mass is 16.1. The Bertz CT molecular complexity index is 695. The molecule has 0 saturated heterocycles. The molecule has 1 N–H and O–H groups in total. The molecule has 2 aliphatic rings. The summed E-state index contributed by atoms with van der Waals surface area (Å²) in [6.07, 6.45) is 7.91. The summed E-state index contributed by atoms with van der Waals surface area (Å²) in [6, 6.07) is 5.68. The van der Waals surface area contributed by atoms with Crippen molar-refractivity contribution in [3.05, 3.63) is 30.2 Å². The maximum atomic E-state index is 12.3. The van der Waals surface area contributed by atoms with E-state index in [0.717, 1.165) is 23.3 Å². The van der Waals surface area contributed by atoms with E-state index >= 15 is 0 Å². The first-order valence-electron chi connectivity index (χ1n) is 8.29. The maximum absolute atomic E-state index is 12.3. The number of rotatable bonds is 4. The number of hydrogen-bond donors (Lipinski definition) is 1. The van der Waals surface area contributed by atoms with Crippen LogP contribution in [0.2, 0.25) is 0 Å². The fourth-order valence-electron chi connectivity index (χ4n) is 4.38. The third kappa shape index (κ3) is 2.38. The summed E-state index contributed by atoms with van der Waals surface area (Å²) in [4.78, 5) is 12.3. The highest BCUT2D eigenvalue weighted by Gasteiger charge is 2.40. The molecule has 0 unspecified atom stereocenters. The number of carbonyl (C=O) groups is 1. The van der Waals surface area contributed by atoms with Crippen LogP contribution in [0.25, 0.3) is 5.65 Å². The fourth-order valence-corrected chi connectivity index (χ4v) is 4.38. The minimum atomic E-state index is -0.122. The molecule has 0 aromatic carbocycles. The third-order valence-electron chi connectivity index (χ3n) is 5.44. The molecule has 2 bridgehead atoms. The largest absolute Gasteiger partial charge is 0.346 e. The standard InChI is InChI=1S/C17H22N4O/c1-11(17-20-19-15-4-2-3-7-21(15)17)18-16(22)10-14-9-12-5-6-13(14)8-12/h2-4,7,11-14H,5-6,8-10H2,1H3,(H,18,22)/t11-,12-,13-,14-/m0/s1. The molecule has 2 aromatic heterocycles. The second-order valence-electron chi connectivity index (χ2n) is 6.92. The Labute approximate surface area is 130 Å². The predicted octanol–water partition coefficient (Wildman–Crippen LogP) is 2.73. The highest BCUT2D eigenvalue weighted by molar-refractivity contribution is 5.76. The normalized spacial score (nSPS) is 28.1. The van der Waals surface area contributed by atoms with Gasteiger partial charge >= 0.3 is 0 Å². The summed E-state index contributed by atoms with van der Waals surface area (Å²) in [7, 11) is 0. The van der Waals surface area contributed by atoms with Gasteiger partial charge in [0.05, 0.1) is 6.04 Å². The summed E-state index contributed by atoms with van der Waals surface area (Å²) < 4.78 is 1.93. The van der Waals surface area contributed by atoms with Gasteiger partial charge in [0.25, 0.3) is 0 Å². The van der Waals surface area contributed by atoms with E-state index in [4.69, 9.17) is 0 Å². The molecule has 0 spiro atoms. The number of fused-ring (bicyclic) bond motifs is 3. The number of carbonyl (C=O) groups excluding carboxylic acids is 1. The van der Waals surface area contributed by atoms with Crippen LogP contribution < -0.4 is 5.32 Å². The second-order valence-corrected chi connectivity index (χ2v) is 6.92. The molecule has 5 nitrogen and oxygen atoms in total. The number of aromatic nitrogens is 3. The lowest BCUT2D eigenvalue weighted by Gasteiger charge is -2.22. The van der Waals surface area contributed by atoms with Crippen molar-refractivity contribution in [2.24, 2.45) is 17.8 Å². The average molecular weight is 298 g/mol. The molecule has 2 heterocycles. The lowest BCUT2D eigenvalue weighted by molar-refractivity contribution is -0.123. The van der Waals surface area contributed by atoms with Gasteiger partial charge in [0, 0.05) is 12.6 Å². The van der Waals surface area contributed by atoms with Gasteiger partial charge in [-0.1, -0.05) is 12.5 Å². The van der Waals surface area contributed by atoms with Gasteiger partial charge in [0.2, 0.25) is 5.91 Å². The molecule has 2 fully saturated rings. The Hall–Kier alpha value is -1.91. The van der Waals surface area contributed by atoms with Crippen LogP contribution in [0, 0.1) is 17.8 Å². The number of pyridine rings is 1. The molecule has 2 aliphatic carbocycles. The Morgan fingerprint density at radius 2 is 2.27 bits per heavy atom. The molecule has 22 heavy (non-hydrogen) atoms. The van der Waals surface area contributed by atoms with Crippen molar-refractivity contribution in [1.29, 1.82) is 0 Å². The number of hydrogen-bond acceptors (Lipinski definition) is 3. The quantitative estimate of drug-likeness (QED) is 0.944. The van der Waals surface area contributed by atoms with E-state index in [1.807, 2.05) is 35.7 Å². The van der Waals surface area contributed by atoms with Crippen LogP contribution in [-0.4, -0.2) is 20.5 Å². The first-order valence-corrected chi connectivity index (χ1v) is 8.29. The third-order valence-corrected chi connectivity index (χ3v) is 5.44. The number of nitrogens with one attached hydrogen (secondary N) is 1. The van der Waals surface area contributed by atoms with Crippen LogP contribution in [0.3, 0.4) is 0 Å². The topological polar surface area (TPSA) is 59.3 Å². The van der Waals surface area contributed by atoms with E-state index in [1.165, 1.54) is 25.7 Å². The predicted molar refractivity (Wildman–Crippen MR) is 83.1 cm³/mol. The molecule has 1 amide bonds. The summed E-state index contributed by atoms with van der Waals surface area (Å²) in [5, 5.41) is 11.5. The number of amides is 1. The van der Waals surface area contributed by atoms with Crippen molar-refractivity contribution >= 4 is 11.6 Å². The van der Waals surface area contributed by atoms with Crippen LogP contribution in [0.5, 0.6) is 0 Å². The van der Waals surface area contributed by atoms with Crippen molar-refractivity contribution < 1.29 is 4.79 Å². The van der Waals surface area contributed by atoms with Crippen molar-refractivity contribution in [2.75, 3.05) is 0 Å². The van der Waals surface area contributed by atoms with Crippen molar-refractivity contribution in [1.82, 2.24) is 19.9 Å². The molecule has 0 aliphatic heterocycles. The van der Waals surface area contributed by atoms with E-state index in [0.29, 0.717) is 12.3 Å². The van der Waals surface area contributed by atoms with E-state index in [2.05, 4.69) is 15.5 Å². The van der Waals surface area contributed by atoms with Gasteiger partial charge in [-0.25, -0.2) is 0 Å². The summed E-state index contributed by atoms with van der Waals surface area (Å²) in [6.45, 7) is 1.97. The van der Waals surface area contributed by atoms with Crippen LogP contribution in [0.1, 0.15) is 50.9 Å². The van der Waals surface area contributed by atoms with Gasteiger partial charge < -0.3 is 5.32 Å². The van der Waals surface area contributed by atoms with E-state index in [1.54, 1.807) is 0 Å². The van der Waals surface area contributed by atoms with E-state index in [-0.39, 0.29) is 11.9 Å². The second kappa shape index (κ2) is 5.38. The van der Waals surface area contributed by atoms with Crippen LogP contribution >= 0.6 is 0 Å². The van der Waals surface area contributed by atoms with E-state index in [9.17, 15) is 4.79 Å². The molecule has 116 valence electrons. The average Bonchev–Trinajstić information content (AvgIpc) is 3.21. The Morgan fingerprint density at radius 1 is 1.36 bits per heavy atom. The molecule has 2 saturated carbocycles. The Balaban J connectivity index is 1.41. The minimum Gasteiger partial charge on any atom is -0.346 e. The first kappa shape index (κ1) is 13.7. The van der Waals surface area contributed by atoms with Gasteiger partial charge in [0.15, 0.2) is 11.5 Å². The molecule has 4 atom stereocenters. The van der Waals surface area contributed by atoms with Crippen LogP contribution in [0.15, 0.2) is 24.4 Å². The van der Waals surface area contributed by atoms with Gasteiger partial charge in [0.1, 0.15) is 0 Å². The molecular weight excluding hydrogens is 276 g/mol. The zero-order chi connectivity index (χ0) is 15.1. The molecule has 0 radical (unpaired) electrons. The highest BCUT2D eigenvalue weighted by Crippen LogP contribution is 2.49.